The lowest BCUT2D eigenvalue weighted by Gasteiger charge is -2.01. The Morgan fingerprint density at radius 2 is 2.35 bits per heavy atom. The van der Waals surface area contributed by atoms with Crippen molar-refractivity contribution in [1.29, 1.82) is 0 Å². The second-order valence-electron chi connectivity index (χ2n) is 3.31. The van der Waals surface area contributed by atoms with Crippen molar-refractivity contribution in [2.45, 2.75) is 18.2 Å². The van der Waals surface area contributed by atoms with Crippen molar-refractivity contribution < 1.29 is 12.9 Å². The van der Waals surface area contributed by atoms with Gasteiger partial charge in [-0.1, -0.05) is 5.16 Å². The van der Waals surface area contributed by atoms with E-state index in [4.69, 9.17) is 4.52 Å². The van der Waals surface area contributed by atoms with Gasteiger partial charge in [0, 0.05) is 26.1 Å². The van der Waals surface area contributed by atoms with Gasteiger partial charge in [-0.2, -0.15) is 10.1 Å². The first-order valence-electron chi connectivity index (χ1n) is 4.85. The van der Waals surface area contributed by atoms with Crippen molar-refractivity contribution in [1.82, 2.24) is 25.1 Å². The monoisotopic (exact) mass is 257 g/mol. The standard InChI is InChI=1S/C8H11N5O3S/c1-6-12-8(13-16-6)2-3-11-17(14,15)7-4-9-10-5-7/h4-5,11H,2-3H2,1H3,(H,9,10). The minimum Gasteiger partial charge on any atom is -0.340 e. The molecule has 0 aliphatic heterocycles. The van der Waals surface area contributed by atoms with Gasteiger partial charge in [0.15, 0.2) is 5.82 Å². The molecule has 0 unspecified atom stereocenters. The Labute approximate surface area is 97.5 Å². The molecule has 8 nitrogen and oxygen atoms in total. The Morgan fingerprint density at radius 1 is 1.53 bits per heavy atom. The molecule has 17 heavy (non-hydrogen) atoms. The zero-order chi connectivity index (χ0) is 12.3. The van der Waals surface area contributed by atoms with Gasteiger partial charge in [0.05, 0.1) is 6.20 Å². The number of sulfonamides is 1. The van der Waals surface area contributed by atoms with Gasteiger partial charge in [-0.15, -0.1) is 0 Å². The van der Waals surface area contributed by atoms with E-state index in [0.717, 1.165) is 0 Å². The van der Waals surface area contributed by atoms with Crippen molar-refractivity contribution in [3.05, 3.63) is 24.1 Å². The molecule has 2 rings (SSSR count). The van der Waals surface area contributed by atoms with Crippen LogP contribution >= 0.6 is 0 Å². The van der Waals surface area contributed by atoms with E-state index in [2.05, 4.69) is 25.1 Å². The van der Waals surface area contributed by atoms with E-state index in [9.17, 15) is 8.42 Å². The lowest BCUT2D eigenvalue weighted by molar-refractivity contribution is 0.387. The highest BCUT2D eigenvalue weighted by molar-refractivity contribution is 7.89. The second kappa shape index (κ2) is 4.63. The number of aromatic amines is 1. The molecule has 0 aromatic carbocycles. The van der Waals surface area contributed by atoms with Crippen LogP contribution < -0.4 is 4.72 Å². The van der Waals surface area contributed by atoms with E-state index in [1.165, 1.54) is 12.4 Å². The third-order valence-corrected chi connectivity index (χ3v) is 3.42. The second-order valence-corrected chi connectivity index (χ2v) is 5.08. The van der Waals surface area contributed by atoms with E-state index in [1.807, 2.05) is 0 Å². The summed E-state index contributed by atoms with van der Waals surface area (Å²) < 4.78 is 30.5. The number of hydrogen-bond donors (Lipinski definition) is 2. The van der Waals surface area contributed by atoms with E-state index in [1.54, 1.807) is 6.92 Å². The van der Waals surface area contributed by atoms with Crippen LogP contribution in [-0.4, -0.2) is 35.3 Å². The van der Waals surface area contributed by atoms with Crippen LogP contribution in [0, 0.1) is 6.92 Å². The van der Waals surface area contributed by atoms with Crippen LogP contribution in [0.15, 0.2) is 21.8 Å². The molecule has 2 heterocycles. The van der Waals surface area contributed by atoms with E-state index < -0.39 is 10.0 Å². The zero-order valence-corrected chi connectivity index (χ0v) is 9.86. The van der Waals surface area contributed by atoms with Crippen molar-refractivity contribution >= 4 is 10.0 Å². The largest absolute Gasteiger partial charge is 0.340 e. The summed E-state index contributed by atoms with van der Waals surface area (Å²) in [5.74, 6) is 0.926. The Morgan fingerprint density at radius 3 is 2.94 bits per heavy atom. The van der Waals surface area contributed by atoms with Crippen LogP contribution in [-0.2, 0) is 16.4 Å². The third kappa shape index (κ3) is 2.88. The fraction of sp³-hybridized carbons (Fsp3) is 0.375. The number of hydrogen-bond acceptors (Lipinski definition) is 6. The highest BCUT2D eigenvalue weighted by Gasteiger charge is 2.14. The van der Waals surface area contributed by atoms with Crippen LogP contribution in [0.5, 0.6) is 0 Å². The van der Waals surface area contributed by atoms with Gasteiger partial charge in [-0.3, -0.25) is 5.10 Å². The van der Waals surface area contributed by atoms with E-state index in [0.29, 0.717) is 18.1 Å². The predicted molar refractivity (Wildman–Crippen MR) is 56.5 cm³/mol. The number of rotatable bonds is 5. The van der Waals surface area contributed by atoms with Crippen molar-refractivity contribution in [3.8, 4) is 0 Å². The smallest absolute Gasteiger partial charge is 0.243 e. The molecule has 0 bridgehead atoms. The molecule has 0 saturated carbocycles. The number of aromatic nitrogens is 4. The summed E-state index contributed by atoms with van der Waals surface area (Å²) in [5, 5.41) is 9.67. The summed E-state index contributed by atoms with van der Waals surface area (Å²) in [6, 6.07) is 0. The lowest BCUT2D eigenvalue weighted by atomic mass is 10.4. The molecule has 92 valence electrons. The minimum absolute atomic E-state index is 0.0989. The minimum atomic E-state index is -3.51. The Bertz CT molecular complexity index is 574. The predicted octanol–water partition coefficient (Wildman–Crippen LogP) is -0.378. The SMILES string of the molecule is Cc1nc(CCNS(=O)(=O)c2cn[nH]c2)no1. The quantitative estimate of drug-likeness (QED) is 0.754. The Kier molecular flexibility index (Phi) is 3.20. The van der Waals surface area contributed by atoms with E-state index in [-0.39, 0.29) is 11.4 Å². The molecule has 0 radical (unpaired) electrons. The molecule has 9 heteroatoms. The zero-order valence-electron chi connectivity index (χ0n) is 9.04. The van der Waals surface area contributed by atoms with Crippen molar-refractivity contribution in [2.75, 3.05) is 6.54 Å². The molecule has 0 spiro atoms. The number of nitrogens with zero attached hydrogens (tertiary/aromatic N) is 3. The average molecular weight is 257 g/mol. The van der Waals surface area contributed by atoms with Gasteiger partial charge in [-0.05, 0) is 0 Å². The maximum Gasteiger partial charge on any atom is 0.243 e. The number of nitrogens with one attached hydrogen (secondary N) is 2. The average Bonchev–Trinajstić information content (AvgIpc) is 2.89. The van der Waals surface area contributed by atoms with Gasteiger partial charge in [-0.25, -0.2) is 13.1 Å². The molecule has 2 aromatic rings. The molecule has 2 N–H and O–H groups in total. The summed E-state index contributed by atoms with van der Waals surface area (Å²) in [6.45, 7) is 1.87. The first-order valence-corrected chi connectivity index (χ1v) is 6.34. The third-order valence-electron chi connectivity index (χ3n) is 1.99. The normalized spacial score (nSPS) is 11.8. The van der Waals surface area contributed by atoms with Crippen molar-refractivity contribution in [3.63, 3.8) is 0 Å². The summed E-state index contributed by atoms with van der Waals surface area (Å²) in [5.41, 5.74) is 0. The summed E-state index contributed by atoms with van der Waals surface area (Å²) in [6.07, 6.45) is 2.91. The van der Waals surface area contributed by atoms with Crippen LogP contribution in [0.2, 0.25) is 0 Å². The fourth-order valence-electron chi connectivity index (χ4n) is 1.21. The molecule has 0 aliphatic rings. The first-order chi connectivity index (χ1) is 8.08. The Balaban J connectivity index is 1.91. The fourth-order valence-corrected chi connectivity index (χ4v) is 2.15. The number of H-pyrrole nitrogens is 1. The van der Waals surface area contributed by atoms with Gasteiger partial charge in [0.1, 0.15) is 4.90 Å². The molecular weight excluding hydrogens is 246 g/mol. The lowest BCUT2D eigenvalue weighted by Crippen LogP contribution is -2.25. The molecular formula is C8H11N5O3S. The maximum absolute atomic E-state index is 11.7. The molecule has 0 aliphatic carbocycles. The van der Waals surface area contributed by atoms with Crippen molar-refractivity contribution in [2.24, 2.45) is 0 Å². The van der Waals surface area contributed by atoms with E-state index >= 15 is 0 Å². The van der Waals surface area contributed by atoms with Crippen LogP contribution in [0.3, 0.4) is 0 Å². The van der Waals surface area contributed by atoms with Crippen LogP contribution in [0.4, 0.5) is 0 Å². The molecule has 0 saturated heterocycles. The van der Waals surface area contributed by atoms with Gasteiger partial charge in [0.25, 0.3) is 0 Å². The molecule has 0 fully saturated rings. The topological polar surface area (TPSA) is 114 Å². The van der Waals surface area contributed by atoms with Gasteiger partial charge < -0.3 is 4.52 Å². The maximum atomic E-state index is 11.7. The summed E-state index contributed by atoms with van der Waals surface area (Å²) >= 11 is 0. The summed E-state index contributed by atoms with van der Waals surface area (Å²) in [7, 11) is -3.51. The van der Waals surface area contributed by atoms with Gasteiger partial charge >= 0.3 is 0 Å². The molecule has 2 aromatic heterocycles. The molecule has 0 atom stereocenters. The highest BCUT2D eigenvalue weighted by Crippen LogP contribution is 2.04. The highest BCUT2D eigenvalue weighted by atomic mass is 32.2. The summed E-state index contributed by atoms with van der Waals surface area (Å²) in [4.78, 5) is 4.06. The number of aryl methyl sites for hydroxylation is 1. The van der Waals surface area contributed by atoms with Crippen LogP contribution in [0.1, 0.15) is 11.7 Å². The Hall–Kier alpha value is -1.74. The molecule has 0 amide bonds. The first kappa shape index (κ1) is 11.7. The van der Waals surface area contributed by atoms with Crippen LogP contribution in [0.25, 0.3) is 0 Å². The van der Waals surface area contributed by atoms with Gasteiger partial charge in [0.2, 0.25) is 15.9 Å².